The van der Waals surface area contributed by atoms with E-state index in [1.165, 1.54) is 17.0 Å². The molecule has 2 N–H and O–H groups in total. The monoisotopic (exact) mass is 297 g/mol. The zero-order chi connectivity index (χ0) is 15.7. The summed E-state index contributed by atoms with van der Waals surface area (Å²) in [6.07, 6.45) is 0.288. The predicted molar refractivity (Wildman–Crippen MR) is 79.6 cm³/mol. The van der Waals surface area contributed by atoms with Crippen LogP contribution in [0.3, 0.4) is 0 Å². The lowest BCUT2D eigenvalue weighted by Crippen LogP contribution is -2.48. The van der Waals surface area contributed by atoms with Gasteiger partial charge in [0.15, 0.2) is 0 Å². The molecule has 22 heavy (non-hydrogen) atoms. The van der Waals surface area contributed by atoms with Crippen molar-refractivity contribution < 1.29 is 19.8 Å². The maximum absolute atomic E-state index is 12.6. The van der Waals surface area contributed by atoms with Crippen LogP contribution < -0.4 is 0 Å². The van der Waals surface area contributed by atoms with Crippen LogP contribution in [0.5, 0.6) is 5.75 Å². The highest BCUT2D eigenvalue weighted by Gasteiger charge is 2.34. The van der Waals surface area contributed by atoms with Gasteiger partial charge in [0.25, 0.3) is 5.91 Å². The molecule has 0 radical (unpaired) electrons. The number of aromatic hydroxyl groups is 1. The van der Waals surface area contributed by atoms with E-state index in [-0.39, 0.29) is 24.3 Å². The molecule has 5 nitrogen and oxygen atoms in total. The van der Waals surface area contributed by atoms with Gasteiger partial charge in [-0.25, -0.2) is 4.79 Å². The average molecular weight is 297 g/mol. The minimum absolute atomic E-state index is 0.0184. The standard InChI is InChI=1S/C17H15NO4/c19-14-7-3-6-12(8-14)16(20)18-10-13-5-2-1-4-11(13)9-15(18)17(21)22/h1-8,15,19H,9-10H2,(H,21,22). The molecule has 2 aromatic rings. The van der Waals surface area contributed by atoms with Crippen molar-refractivity contribution in [1.82, 2.24) is 4.90 Å². The van der Waals surface area contributed by atoms with Gasteiger partial charge in [-0.05, 0) is 29.3 Å². The van der Waals surface area contributed by atoms with Gasteiger partial charge >= 0.3 is 5.97 Å². The largest absolute Gasteiger partial charge is 0.508 e. The molecule has 1 atom stereocenters. The van der Waals surface area contributed by atoms with Crippen molar-refractivity contribution in [3.8, 4) is 5.75 Å². The van der Waals surface area contributed by atoms with Crippen molar-refractivity contribution in [2.75, 3.05) is 0 Å². The second-order valence-electron chi connectivity index (χ2n) is 5.31. The molecule has 3 rings (SSSR count). The maximum atomic E-state index is 12.6. The molecule has 1 aliphatic rings. The lowest BCUT2D eigenvalue weighted by molar-refractivity contribution is -0.142. The summed E-state index contributed by atoms with van der Waals surface area (Å²) in [7, 11) is 0. The van der Waals surface area contributed by atoms with Crippen LogP contribution >= 0.6 is 0 Å². The van der Waals surface area contributed by atoms with E-state index >= 15 is 0 Å². The number of carbonyl (C=O) groups excluding carboxylic acids is 1. The molecule has 5 heteroatoms. The molecule has 0 spiro atoms. The molecule has 1 amide bonds. The lowest BCUT2D eigenvalue weighted by atomic mass is 9.93. The molecule has 1 unspecified atom stereocenters. The van der Waals surface area contributed by atoms with Crippen LogP contribution in [0.2, 0.25) is 0 Å². The fraction of sp³-hybridized carbons (Fsp3) is 0.176. The molecule has 0 saturated carbocycles. The summed E-state index contributed by atoms with van der Waals surface area (Å²) < 4.78 is 0. The van der Waals surface area contributed by atoms with Gasteiger partial charge < -0.3 is 15.1 Å². The average Bonchev–Trinajstić information content (AvgIpc) is 2.52. The summed E-state index contributed by atoms with van der Waals surface area (Å²) in [6.45, 7) is 0.252. The van der Waals surface area contributed by atoms with E-state index in [4.69, 9.17) is 0 Å². The molecular weight excluding hydrogens is 282 g/mol. The second-order valence-corrected chi connectivity index (χ2v) is 5.31. The Hall–Kier alpha value is -2.82. The third kappa shape index (κ3) is 2.53. The molecule has 0 aliphatic carbocycles. The summed E-state index contributed by atoms with van der Waals surface area (Å²) in [4.78, 5) is 25.5. The number of carbonyl (C=O) groups is 2. The van der Waals surface area contributed by atoms with E-state index in [2.05, 4.69) is 0 Å². The van der Waals surface area contributed by atoms with Crippen LogP contribution in [0.1, 0.15) is 21.5 Å². The van der Waals surface area contributed by atoms with Crippen LogP contribution in [0.25, 0.3) is 0 Å². The van der Waals surface area contributed by atoms with Crippen molar-refractivity contribution in [2.24, 2.45) is 0 Å². The molecular formula is C17H15NO4. The van der Waals surface area contributed by atoms with E-state index in [9.17, 15) is 19.8 Å². The molecule has 0 fully saturated rings. The SMILES string of the molecule is O=C(O)C1Cc2ccccc2CN1C(=O)c1cccc(O)c1. The number of hydrogen-bond donors (Lipinski definition) is 2. The highest BCUT2D eigenvalue weighted by molar-refractivity contribution is 5.97. The third-order valence-electron chi connectivity index (χ3n) is 3.89. The van der Waals surface area contributed by atoms with Crippen LogP contribution in [0.4, 0.5) is 0 Å². The van der Waals surface area contributed by atoms with Crippen LogP contribution in [0, 0.1) is 0 Å². The van der Waals surface area contributed by atoms with E-state index in [0.29, 0.717) is 0 Å². The number of aliphatic carboxylic acids is 1. The Labute approximate surface area is 127 Å². The maximum Gasteiger partial charge on any atom is 0.326 e. The predicted octanol–water partition coefficient (Wildman–Crippen LogP) is 2.04. The Morgan fingerprint density at radius 1 is 1.05 bits per heavy atom. The summed E-state index contributed by atoms with van der Waals surface area (Å²) in [5, 5.41) is 18.9. The highest BCUT2D eigenvalue weighted by atomic mass is 16.4. The van der Waals surface area contributed by atoms with E-state index in [1.54, 1.807) is 12.1 Å². The minimum Gasteiger partial charge on any atom is -0.508 e. The molecule has 0 saturated heterocycles. The Bertz CT molecular complexity index is 741. The van der Waals surface area contributed by atoms with Crippen molar-refractivity contribution in [3.05, 3.63) is 65.2 Å². The van der Waals surface area contributed by atoms with Gasteiger partial charge in [-0.1, -0.05) is 30.3 Å². The number of fused-ring (bicyclic) bond motifs is 1. The quantitative estimate of drug-likeness (QED) is 0.889. The first-order chi connectivity index (χ1) is 10.6. The van der Waals surface area contributed by atoms with Crippen molar-refractivity contribution >= 4 is 11.9 Å². The smallest absolute Gasteiger partial charge is 0.326 e. The topological polar surface area (TPSA) is 77.8 Å². The number of phenolic OH excluding ortho intramolecular Hbond substituents is 1. The Balaban J connectivity index is 1.97. The van der Waals surface area contributed by atoms with Crippen LogP contribution in [-0.2, 0) is 17.8 Å². The van der Waals surface area contributed by atoms with Gasteiger partial charge in [-0.2, -0.15) is 0 Å². The van der Waals surface area contributed by atoms with Gasteiger partial charge in [-0.15, -0.1) is 0 Å². The van der Waals surface area contributed by atoms with E-state index in [0.717, 1.165) is 11.1 Å². The number of carboxylic acid groups (broad SMARTS) is 1. The number of amides is 1. The minimum atomic E-state index is -1.02. The number of carboxylic acids is 1. The molecule has 112 valence electrons. The van der Waals surface area contributed by atoms with Crippen LogP contribution in [-0.4, -0.2) is 33.0 Å². The molecule has 1 aliphatic heterocycles. The first kappa shape index (κ1) is 14.1. The fourth-order valence-corrected chi connectivity index (χ4v) is 2.76. The number of hydrogen-bond acceptors (Lipinski definition) is 3. The number of rotatable bonds is 2. The first-order valence-electron chi connectivity index (χ1n) is 6.96. The Morgan fingerprint density at radius 3 is 2.45 bits per heavy atom. The summed E-state index contributed by atoms with van der Waals surface area (Å²) in [5.74, 6) is -1.43. The Morgan fingerprint density at radius 2 is 1.77 bits per heavy atom. The zero-order valence-electron chi connectivity index (χ0n) is 11.8. The number of benzene rings is 2. The summed E-state index contributed by atoms with van der Waals surface area (Å²) in [6, 6.07) is 12.6. The van der Waals surface area contributed by atoms with Crippen molar-refractivity contribution in [3.63, 3.8) is 0 Å². The van der Waals surface area contributed by atoms with Gasteiger partial charge in [0.2, 0.25) is 0 Å². The van der Waals surface area contributed by atoms with Gasteiger partial charge in [0, 0.05) is 18.5 Å². The van der Waals surface area contributed by atoms with Gasteiger partial charge in [-0.3, -0.25) is 4.79 Å². The normalized spacial score (nSPS) is 16.9. The highest BCUT2D eigenvalue weighted by Crippen LogP contribution is 2.25. The summed E-state index contributed by atoms with van der Waals surface area (Å²) in [5.41, 5.74) is 2.19. The molecule has 2 aromatic carbocycles. The molecule has 0 aromatic heterocycles. The zero-order valence-corrected chi connectivity index (χ0v) is 11.8. The second kappa shape index (κ2) is 5.52. The lowest BCUT2D eigenvalue weighted by Gasteiger charge is -2.34. The van der Waals surface area contributed by atoms with Gasteiger partial charge in [0.1, 0.15) is 11.8 Å². The summed E-state index contributed by atoms with van der Waals surface area (Å²) >= 11 is 0. The fourth-order valence-electron chi connectivity index (χ4n) is 2.76. The van der Waals surface area contributed by atoms with E-state index < -0.39 is 17.9 Å². The molecule has 1 heterocycles. The number of phenols is 1. The van der Waals surface area contributed by atoms with Gasteiger partial charge in [0.05, 0.1) is 0 Å². The van der Waals surface area contributed by atoms with Crippen molar-refractivity contribution in [1.29, 1.82) is 0 Å². The van der Waals surface area contributed by atoms with Crippen molar-refractivity contribution in [2.45, 2.75) is 19.0 Å². The van der Waals surface area contributed by atoms with E-state index in [1.807, 2.05) is 24.3 Å². The third-order valence-corrected chi connectivity index (χ3v) is 3.89. The van der Waals surface area contributed by atoms with Crippen LogP contribution in [0.15, 0.2) is 48.5 Å². The number of nitrogens with zero attached hydrogens (tertiary/aromatic N) is 1. The Kier molecular flexibility index (Phi) is 3.55. The molecule has 0 bridgehead atoms. The first-order valence-corrected chi connectivity index (χ1v) is 6.96.